The van der Waals surface area contributed by atoms with Gasteiger partial charge in [0.25, 0.3) is 0 Å². The number of piperidine rings is 1. The first-order valence-electron chi connectivity index (χ1n) is 11.6. The SMILES string of the molecule is CCCN1CCCCC1c1cccnc1N(C(=O)OC(C)(C)C)C1CCCCC1. The predicted octanol–water partition coefficient (Wildman–Crippen LogP) is 6.09. The number of nitrogens with zero attached hydrogens (tertiary/aromatic N) is 3. The first-order valence-corrected chi connectivity index (χ1v) is 11.6. The third kappa shape index (κ3) is 5.71. The van der Waals surface area contributed by atoms with Crippen LogP contribution in [0.5, 0.6) is 0 Å². The van der Waals surface area contributed by atoms with Gasteiger partial charge in [0.2, 0.25) is 0 Å². The number of amides is 1. The molecule has 0 N–H and O–H groups in total. The summed E-state index contributed by atoms with van der Waals surface area (Å²) < 4.78 is 5.86. The molecule has 2 heterocycles. The first-order chi connectivity index (χ1) is 13.9. The molecule has 5 heteroatoms. The summed E-state index contributed by atoms with van der Waals surface area (Å²) in [7, 11) is 0. The monoisotopic (exact) mass is 401 g/mol. The molecule has 1 aromatic rings. The molecular weight excluding hydrogens is 362 g/mol. The number of aromatic nitrogens is 1. The second-order valence-electron chi connectivity index (χ2n) is 9.61. The van der Waals surface area contributed by atoms with E-state index in [4.69, 9.17) is 9.72 Å². The van der Waals surface area contributed by atoms with Gasteiger partial charge in [-0.15, -0.1) is 0 Å². The second-order valence-corrected chi connectivity index (χ2v) is 9.61. The molecule has 1 saturated heterocycles. The van der Waals surface area contributed by atoms with E-state index in [-0.39, 0.29) is 12.1 Å². The maximum Gasteiger partial charge on any atom is 0.416 e. The molecule has 1 saturated carbocycles. The Hall–Kier alpha value is -1.62. The molecule has 1 aromatic heterocycles. The van der Waals surface area contributed by atoms with E-state index in [2.05, 4.69) is 17.9 Å². The Labute approximate surface area is 176 Å². The van der Waals surface area contributed by atoms with Crippen molar-refractivity contribution in [2.75, 3.05) is 18.0 Å². The molecule has 1 atom stereocenters. The van der Waals surface area contributed by atoms with E-state index in [1.54, 1.807) is 0 Å². The van der Waals surface area contributed by atoms with Gasteiger partial charge in [0.05, 0.1) is 0 Å². The lowest BCUT2D eigenvalue weighted by molar-refractivity contribution is 0.0555. The van der Waals surface area contributed by atoms with Crippen LogP contribution in [0.3, 0.4) is 0 Å². The zero-order valence-corrected chi connectivity index (χ0v) is 18.8. The van der Waals surface area contributed by atoms with Crippen LogP contribution in [-0.4, -0.2) is 40.7 Å². The van der Waals surface area contributed by atoms with Crippen LogP contribution in [0, 0.1) is 0 Å². The lowest BCUT2D eigenvalue weighted by Gasteiger charge is -2.40. The lowest BCUT2D eigenvalue weighted by atomic mass is 9.92. The van der Waals surface area contributed by atoms with Crippen LogP contribution >= 0.6 is 0 Å². The summed E-state index contributed by atoms with van der Waals surface area (Å²) in [6, 6.07) is 4.71. The molecule has 2 aliphatic rings. The average molecular weight is 402 g/mol. The van der Waals surface area contributed by atoms with Crippen LogP contribution in [0.2, 0.25) is 0 Å². The van der Waals surface area contributed by atoms with E-state index in [1.165, 1.54) is 24.8 Å². The van der Waals surface area contributed by atoms with Crippen LogP contribution in [-0.2, 0) is 4.74 Å². The molecule has 3 rings (SSSR count). The molecule has 0 spiro atoms. The van der Waals surface area contributed by atoms with Crippen molar-refractivity contribution in [3.8, 4) is 0 Å². The van der Waals surface area contributed by atoms with E-state index < -0.39 is 5.60 Å². The molecule has 2 fully saturated rings. The molecule has 5 nitrogen and oxygen atoms in total. The maximum absolute atomic E-state index is 13.4. The number of hydrogen-bond acceptors (Lipinski definition) is 4. The molecule has 0 aromatic carbocycles. The molecule has 1 amide bonds. The quantitative estimate of drug-likeness (QED) is 0.598. The zero-order chi connectivity index (χ0) is 20.9. The third-order valence-electron chi connectivity index (χ3n) is 6.06. The van der Waals surface area contributed by atoms with Crippen LogP contribution < -0.4 is 4.90 Å². The number of carbonyl (C=O) groups is 1. The Morgan fingerprint density at radius 1 is 1.17 bits per heavy atom. The van der Waals surface area contributed by atoms with Gasteiger partial charge in [-0.3, -0.25) is 9.80 Å². The summed E-state index contributed by atoms with van der Waals surface area (Å²) in [6.45, 7) is 10.3. The van der Waals surface area contributed by atoms with Gasteiger partial charge in [0, 0.05) is 23.8 Å². The van der Waals surface area contributed by atoms with Crippen molar-refractivity contribution in [3.05, 3.63) is 23.9 Å². The zero-order valence-electron chi connectivity index (χ0n) is 18.8. The Morgan fingerprint density at radius 2 is 1.90 bits per heavy atom. The highest BCUT2D eigenvalue weighted by Gasteiger charge is 2.35. The van der Waals surface area contributed by atoms with Crippen molar-refractivity contribution in [1.29, 1.82) is 0 Å². The van der Waals surface area contributed by atoms with Crippen LogP contribution in [0.25, 0.3) is 0 Å². The molecule has 162 valence electrons. The van der Waals surface area contributed by atoms with Gasteiger partial charge in [-0.05, 0) is 72.0 Å². The predicted molar refractivity (Wildman–Crippen MR) is 118 cm³/mol. The van der Waals surface area contributed by atoms with Crippen molar-refractivity contribution in [3.63, 3.8) is 0 Å². The minimum Gasteiger partial charge on any atom is -0.443 e. The summed E-state index contributed by atoms with van der Waals surface area (Å²) in [5, 5.41) is 0. The summed E-state index contributed by atoms with van der Waals surface area (Å²) >= 11 is 0. The summed E-state index contributed by atoms with van der Waals surface area (Å²) in [4.78, 5) is 22.6. The number of ether oxygens (including phenoxy) is 1. The van der Waals surface area contributed by atoms with Crippen molar-refractivity contribution >= 4 is 11.9 Å². The second kappa shape index (κ2) is 9.92. The number of rotatable bonds is 5. The van der Waals surface area contributed by atoms with Gasteiger partial charge in [0.15, 0.2) is 0 Å². The smallest absolute Gasteiger partial charge is 0.416 e. The number of likely N-dealkylation sites (tertiary alicyclic amines) is 1. The largest absolute Gasteiger partial charge is 0.443 e. The summed E-state index contributed by atoms with van der Waals surface area (Å²) in [5.74, 6) is 0.821. The van der Waals surface area contributed by atoms with Gasteiger partial charge in [-0.25, -0.2) is 9.78 Å². The van der Waals surface area contributed by atoms with Gasteiger partial charge in [-0.1, -0.05) is 38.7 Å². The molecule has 1 aliphatic heterocycles. The highest BCUT2D eigenvalue weighted by molar-refractivity contribution is 5.88. The van der Waals surface area contributed by atoms with Gasteiger partial charge < -0.3 is 4.74 Å². The number of anilines is 1. The van der Waals surface area contributed by atoms with E-state index in [0.29, 0.717) is 6.04 Å². The Balaban J connectivity index is 1.98. The fourth-order valence-corrected chi connectivity index (χ4v) is 4.83. The minimum absolute atomic E-state index is 0.176. The number of carbonyl (C=O) groups excluding carboxylic acids is 1. The van der Waals surface area contributed by atoms with Crippen molar-refractivity contribution in [1.82, 2.24) is 9.88 Å². The Kier molecular flexibility index (Phi) is 7.55. The molecule has 0 bridgehead atoms. The average Bonchev–Trinajstić information content (AvgIpc) is 2.69. The topological polar surface area (TPSA) is 45.7 Å². The van der Waals surface area contributed by atoms with Crippen LogP contribution in [0.15, 0.2) is 18.3 Å². The van der Waals surface area contributed by atoms with E-state index >= 15 is 0 Å². The molecule has 29 heavy (non-hydrogen) atoms. The van der Waals surface area contributed by atoms with Crippen molar-refractivity contribution < 1.29 is 9.53 Å². The Morgan fingerprint density at radius 3 is 2.59 bits per heavy atom. The van der Waals surface area contributed by atoms with E-state index in [0.717, 1.165) is 57.4 Å². The maximum atomic E-state index is 13.4. The van der Waals surface area contributed by atoms with Crippen LogP contribution in [0.1, 0.15) is 97.1 Å². The highest BCUT2D eigenvalue weighted by Crippen LogP contribution is 2.38. The molecular formula is C24H39N3O2. The summed E-state index contributed by atoms with van der Waals surface area (Å²) in [6.07, 6.45) is 12.0. The van der Waals surface area contributed by atoms with Gasteiger partial charge in [0.1, 0.15) is 11.4 Å². The minimum atomic E-state index is -0.516. The highest BCUT2D eigenvalue weighted by atomic mass is 16.6. The molecule has 1 unspecified atom stereocenters. The first kappa shape index (κ1) is 22.1. The van der Waals surface area contributed by atoms with Crippen LogP contribution in [0.4, 0.5) is 10.6 Å². The van der Waals surface area contributed by atoms with Gasteiger partial charge >= 0.3 is 6.09 Å². The van der Waals surface area contributed by atoms with Gasteiger partial charge in [-0.2, -0.15) is 0 Å². The normalized spacial score (nSPS) is 21.7. The van der Waals surface area contributed by atoms with E-state index in [1.807, 2.05) is 37.9 Å². The fraction of sp³-hybridized carbons (Fsp3) is 0.750. The van der Waals surface area contributed by atoms with Crippen molar-refractivity contribution in [2.45, 2.75) is 103 Å². The standard InChI is InChI=1S/C24H39N3O2/c1-5-17-26-18-10-9-15-21(26)20-14-11-16-25-22(20)27(19-12-7-6-8-13-19)23(28)29-24(2,3)4/h11,14,16,19,21H,5-10,12-13,15,17-18H2,1-4H3. The number of hydrogen-bond donors (Lipinski definition) is 0. The molecule has 0 radical (unpaired) electrons. The Bertz CT molecular complexity index is 662. The van der Waals surface area contributed by atoms with E-state index in [9.17, 15) is 4.79 Å². The lowest BCUT2D eigenvalue weighted by Crippen LogP contribution is -2.46. The molecule has 1 aliphatic carbocycles. The number of pyridine rings is 1. The third-order valence-corrected chi connectivity index (χ3v) is 6.06. The summed E-state index contributed by atoms with van der Waals surface area (Å²) in [5.41, 5.74) is 0.676. The van der Waals surface area contributed by atoms with Crippen molar-refractivity contribution in [2.24, 2.45) is 0 Å². The fourth-order valence-electron chi connectivity index (χ4n) is 4.83.